The molecule has 1 N–H and O–H groups in total. The van der Waals surface area contributed by atoms with Gasteiger partial charge in [0.25, 0.3) is 11.6 Å². The Kier molecular flexibility index (Phi) is 5.39. The van der Waals surface area contributed by atoms with E-state index >= 15 is 0 Å². The SMILES string of the molecule is O=C1N/C(=C/c2ccc(N3CCOCC3)c([N+](=O)[O-])c2)C(=O)N1c1cccc(Cl)c1. The quantitative estimate of drug-likeness (QED) is 0.347. The number of morpholine rings is 1. The van der Waals surface area contributed by atoms with E-state index in [1.807, 2.05) is 4.90 Å². The van der Waals surface area contributed by atoms with Crippen molar-refractivity contribution >= 4 is 46.7 Å². The number of benzene rings is 2. The van der Waals surface area contributed by atoms with Gasteiger partial charge in [0.1, 0.15) is 11.4 Å². The largest absolute Gasteiger partial charge is 0.378 e. The Morgan fingerprint density at radius 2 is 1.90 bits per heavy atom. The number of nitro groups is 1. The number of carbonyl (C=O) groups is 2. The number of amides is 3. The fourth-order valence-electron chi connectivity index (χ4n) is 3.40. The van der Waals surface area contributed by atoms with Gasteiger partial charge in [0.15, 0.2) is 0 Å². The van der Waals surface area contributed by atoms with E-state index in [0.717, 1.165) is 4.90 Å². The van der Waals surface area contributed by atoms with Gasteiger partial charge in [-0.1, -0.05) is 23.7 Å². The maximum absolute atomic E-state index is 12.7. The minimum Gasteiger partial charge on any atom is -0.378 e. The van der Waals surface area contributed by atoms with Gasteiger partial charge >= 0.3 is 6.03 Å². The average molecular weight is 429 g/mol. The lowest BCUT2D eigenvalue weighted by Crippen LogP contribution is -2.36. The van der Waals surface area contributed by atoms with Crippen LogP contribution in [0.4, 0.5) is 21.9 Å². The Bertz CT molecular complexity index is 1060. The van der Waals surface area contributed by atoms with Crippen molar-refractivity contribution in [3.05, 3.63) is 68.9 Å². The first-order valence-electron chi connectivity index (χ1n) is 9.18. The minimum absolute atomic E-state index is 0.0217. The van der Waals surface area contributed by atoms with E-state index in [1.165, 1.54) is 18.2 Å². The number of ether oxygens (including phenoxy) is 1. The third kappa shape index (κ3) is 3.85. The average Bonchev–Trinajstić information content (AvgIpc) is 3.01. The van der Waals surface area contributed by atoms with Crippen molar-refractivity contribution < 1.29 is 19.2 Å². The number of nitrogens with zero attached hydrogens (tertiary/aromatic N) is 3. The molecule has 0 radical (unpaired) electrons. The van der Waals surface area contributed by atoms with Crippen LogP contribution in [0.1, 0.15) is 5.56 Å². The summed E-state index contributed by atoms with van der Waals surface area (Å²) in [6.07, 6.45) is 1.42. The van der Waals surface area contributed by atoms with Crippen LogP contribution in [-0.2, 0) is 9.53 Å². The van der Waals surface area contributed by atoms with E-state index in [4.69, 9.17) is 16.3 Å². The summed E-state index contributed by atoms with van der Waals surface area (Å²) in [5.74, 6) is -0.567. The van der Waals surface area contributed by atoms with Crippen molar-refractivity contribution in [2.45, 2.75) is 0 Å². The molecule has 0 saturated carbocycles. The number of carbonyl (C=O) groups excluding carboxylic acids is 2. The van der Waals surface area contributed by atoms with Gasteiger partial charge in [-0.3, -0.25) is 14.9 Å². The molecular formula is C20H17ClN4O5. The molecule has 4 rings (SSSR count). The maximum Gasteiger partial charge on any atom is 0.333 e. The molecule has 2 saturated heterocycles. The lowest BCUT2D eigenvalue weighted by atomic mass is 10.1. The Morgan fingerprint density at radius 3 is 2.60 bits per heavy atom. The molecule has 154 valence electrons. The first-order chi connectivity index (χ1) is 14.4. The van der Waals surface area contributed by atoms with Crippen LogP contribution in [0.3, 0.4) is 0 Å². The highest BCUT2D eigenvalue weighted by atomic mass is 35.5. The number of urea groups is 1. The van der Waals surface area contributed by atoms with Crippen molar-refractivity contribution in [2.75, 3.05) is 36.1 Å². The molecule has 3 amide bonds. The normalized spacial score (nSPS) is 18.1. The summed E-state index contributed by atoms with van der Waals surface area (Å²) in [6, 6.07) is 10.5. The van der Waals surface area contributed by atoms with Gasteiger partial charge < -0.3 is 15.0 Å². The fourth-order valence-corrected chi connectivity index (χ4v) is 3.58. The maximum atomic E-state index is 12.7. The van der Waals surface area contributed by atoms with E-state index in [1.54, 1.807) is 30.3 Å². The third-order valence-corrected chi connectivity index (χ3v) is 5.04. The highest BCUT2D eigenvalue weighted by molar-refractivity contribution is 6.32. The molecule has 10 heteroatoms. The van der Waals surface area contributed by atoms with Crippen LogP contribution in [0, 0.1) is 10.1 Å². The topological polar surface area (TPSA) is 105 Å². The lowest BCUT2D eigenvalue weighted by molar-refractivity contribution is -0.384. The summed E-state index contributed by atoms with van der Waals surface area (Å²) < 4.78 is 5.30. The van der Waals surface area contributed by atoms with Gasteiger partial charge in [0.2, 0.25) is 0 Å². The predicted octanol–water partition coefficient (Wildman–Crippen LogP) is 3.18. The molecule has 2 aliphatic heterocycles. The van der Waals surface area contributed by atoms with Crippen LogP contribution in [0.5, 0.6) is 0 Å². The molecule has 2 aromatic rings. The van der Waals surface area contributed by atoms with Gasteiger partial charge in [-0.15, -0.1) is 0 Å². The zero-order valence-corrected chi connectivity index (χ0v) is 16.5. The Morgan fingerprint density at radius 1 is 1.13 bits per heavy atom. The molecule has 0 unspecified atom stereocenters. The molecule has 0 aromatic heterocycles. The van der Waals surface area contributed by atoms with Gasteiger partial charge in [-0.05, 0) is 35.9 Å². The van der Waals surface area contributed by atoms with Gasteiger partial charge in [0, 0.05) is 24.2 Å². The van der Waals surface area contributed by atoms with Gasteiger partial charge in [-0.25, -0.2) is 9.69 Å². The van der Waals surface area contributed by atoms with Crippen LogP contribution in [0.2, 0.25) is 5.02 Å². The molecule has 0 aliphatic carbocycles. The van der Waals surface area contributed by atoms with Crippen LogP contribution < -0.4 is 15.1 Å². The van der Waals surface area contributed by atoms with Gasteiger partial charge in [-0.2, -0.15) is 0 Å². The first kappa shape index (κ1) is 19.9. The molecule has 0 spiro atoms. The van der Waals surface area contributed by atoms with E-state index in [0.29, 0.717) is 48.3 Å². The fraction of sp³-hybridized carbons (Fsp3) is 0.200. The first-order valence-corrected chi connectivity index (χ1v) is 9.55. The minimum atomic E-state index is -0.618. The monoisotopic (exact) mass is 428 g/mol. The molecule has 0 atom stereocenters. The molecule has 9 nitrogen and oxygen atoms in total. The molecule has 30 heavy (non-hydrogen) atoms. The van der Waals surface area contributed by atoms with Crippen LogP contribution >= 0.6 is 11.6 Å². The second kappa shape index (κ2) is 8.13. The Labute approximate surface area is 176 Å². The highest BCUT2D eigenvalue weighted by Gasteiger charge is 2.35. The van der Waals surface area contributed by atoms with E-state index in [-0.39, 0.29) is 11.4 Å². The number of hydrogen-bond donors (Lipinski definition) is 1. The summed E-state index contributed by atoms with van der Waals surface area (Å²) in [5, 5.41) is 14.5. The Balaban J connectivity index is 1.64. The van der Waals surface area contributed by atoms with Crippen molar-refractivity contribution in [1.29, 1.82) is 0 Å². The number of rotatable bonds is 4. The summed E-state index contributed by atoms with van der Waals surface area (Å²) in [5.41, 5.74) is 1.20. The molecule has 2 aliphatic rings. The number of nitrogens with one attached hydrogen (secondary N) is 1. The van der Waals surface area contributed by atoms with E-state index in [9.17, 15) is 19.7 Å². The number of anilines is 2. The number of imide groups is 1. The third-order valence-electron chi connectivity index (χ3n) is 4.80. The number of nitro benzene ring substituents is 1. The van der Waals surface area contributed by atoms with Crippen LogP contribution in [0.25, 0.3) is 6.08 Å². The van der Waals surface area contributed by atoms with Gasteiger partial charge in [0.05, 0.1) is 23.8 Å². The van der Waals surface area contributed by atoms with Crippen LogP contribution in [0.15, 0.2) is 48.2 Å². The summed E-state index contributed by atoms with van der Waals surface area (Å²) >= 11 is 5.95. The van der Waals surface area contributed by atoms with E-state index < -0.39 is 16.9 Å². The van der Waals surface area contributed by atoms with Crippen molar-refractivity contribution in [1.82, 2.24) is 5.32 Å². The second-order valence-corrected chi connectivity index (χ2v) is 7.15. The standard InChI is InChI=1S/C20H17ClN4O5/c21-14-2-1-3-15(12-14)24-19(26)16(22-20(24)27)10-13-4-5-17(18(11-13)25(28)29)23-6-8-30-9-7-23/h1-5,10-12H,6-9H2,(H,22,27)/b16-10+. The lowest BCUT2D eigenvalue weighted by Gasteiger charge is -2.28. The molecule has 2 heterocycles. The summed E-state index contributed by atoms with van der Waals surface area (Å²) in [4.78, 5) is 39.1. The van der Waals surface area contributed by atoms with Crippen molar-refractivity contribution in [3.8, 4) is 0 Å². The van der Waals surface area contributed by atoms with Crippen molar-refractivity contribution in [2.24, 2.45) is 0 Å². The smallest absolute Gasteiger partial charge is 0.333 e. The number of halogens is 1. The summed E-state index contributed by atoms with van der Waals surface area (Å²) in [7, 11) is 0. The predicted molar refractivity (Wildman–Crippen MR) is 112 cm³/mol. The van der Waals surface area contributed by atoms with E-state index in [2.05, 4.69) is 5.32 Å². The molecule has 0 bridgehead atoms. The summed E-state index contributed by atoms with van der Waals surface area (Å²) in [6.45, 7) is 2.13. The van der Waals surface area contributed by atoms with Crippen LogP contribution in [-0.4, -0.2) is 43.2 Å². The second-order valence-electron chi connectivity index (χ2n) is 6.71. The molecule has 2 aromatic carbocycles. The zero-order valence-electron chi connectivity index (χ0n) is 15.7. The zero-order chi connectivity index (χ0) is 21.3. The molecule has 2 fully saturated rings. The number of hydrogen-bond acceptors (Lipinski definition) is 6. The molecular weight excluding hydrogens is 412 g/mol. The Hall–Kier alpha value is -3.43. The highest BCUT2D eigenvalue weighted by Crippen LogP contribution is 2.31. The van der Waals surface area contributed by atoms with Crippen molar-refractivity contribution in [3.63, 3.8) is 0 Å².